The Morgan fingerprint density at radius 1 is 1.24 bits per heavy atom. The zero-order valence-electron chi connectivity index (χ0n) is 21.6. The van der Waals surface area contributed by atoms with Crippen LogP contribution in [0.25, 0.3) is 0 Å². The van der Waals surface area contributed by atoms with Gasteiger partial charge in [0.1, 0.15) is 6.10 Å². The Hall–Kier alpha value is -2.03. The highest BCUT2D eigenvalue weighted by Crippen LogP contribution is 2.61. The molecule has 1 amide bonds. The molecular formula is C30H45NO2. The van der Waals surface area contributed by atoms with Crippen LogP contribution >= 0.6 is 0 Å². The van der Waals surface area contributed by atoms with Gasteiger partial charge in [-0.15, -0.1) is 0 Å². The van der Waals surface area contributed by atoms with Gasteiger partial charge in [0.05, 0.1) is 0 Å². The van der Waals surface area contributed by atoms with Crippen molar-refractivity contribution < 1.29 is 9.53 Å². The smallest absolute Gasteiger partial charge is 0.411 e. The first-order valence-corrected chi connectivity index (χ1v) is 13.0. The molecule has 2 saturated carbocycles. The van der Waals surface area contributed by atoms with Crippen molar-refractivity contribution in [2.45, 2.75) is 98.5 Å². The first-order chi connectivity index (χ1) is 15.6. The number of carbonyl (C=O) groups excluding carboxylic acids is 1. The molecule has 0 bridgehead atoms. The topological polar surface area (TPSA) is 38.3 Å². The largest absolute Gasteiger partial charge is 0.446 e. The molecule has 0 aliphatic heterocycles. The molecule has 1 aromatic rings. The first-order valence-electron chi connectivity index (χ1n) is 13.0. The Morgan fingerprint density at radius 3 is 2.70 bits per heavy atom. The molecule has 3 rings (SSSR count). The number of allylic oxidation sites excluding steroid dienone is 3. The van der Waals surface area contributed by atoms with E-state index >= 15 is 0 Å². The molecule has 1 aromatic carbocycles. The summed E-state index contributed by atoms with van der Waals surface area (Å²) in [4.78, 5) is 12.1. The Kier molecular flexibility index (Phi) is 8.48. The van der Waals surface area contributed by atoms with Gasteiger partial charge < -0.3 is 4.74 Å². The van der Waals surface area contributed by atoms with E-state index in [-0.39, 0.29) is 12.2 Å². The van der Waals surface area contributed by atoms with Crippen molar-refractivity contribution in [1.29, 1.82) is 0 Å². The summed E-state index contributed by atoms with van der Waals surface area (Å²) in [7, 11) is 0. The first kappa shape index (κ1) is 25.6. The molecule has 0 saturated heterocycles. The number of hydrogen-bond acceptors (Lipinski definition) is 2. The third-order valence-electron chi connectivity index (χ3n) is 8.54. The van der Waals surface area contributed by atoms with Crippen LogP contribution in [-0.4, -0.2) is 12.2 Å². The van der Waals surface area contributed by atoms with Gasteiger partial charge >= 0.3 is 6.09 Å². The highest BCUT2D eigenvalue weighted by Gasteiger charge is 2.52. The number of para-hydroxylation sites is 1. The summed E-state index contributed by atoms with van der Waals surface area (Å²) in [5.41, 5.74) is 4.56. The maximum absolute atomic E-state index is 12.1. The summed E-state index contributed by atoms with van der Waals surface area (Å²) in [6.07, 6.45) is 12.6. The number of benzene rings is 1. The number of nitrogens with one attached hydrogen (secondary N) is 1. The third kappa shape index (κ3) is 6.52. The van der Waals surface area contributed by atoms with Crippen molar-refractivity contribution in [2.24, 2.45) is 22.7 Å². The fraction of sp³-hybridized carbons (Fsp3) is 0.633. The Labute approximate surface area is 202 Å². The van der Waals surface area contributed by atoms with Gasteiger partial charge in [-0.3, -0.25) is 5.32 Å². The van der Waals surface area contributed by atoms with Crippen molar-refractivity contribution >= 4 is 11.8 Å². The lowest BCUT2D eigenvalue weighted by Crippen LogP contribution is -2.49. The molecule has 182 valence electrons. The minimum Gasteiger partial charge on any atom is -0.446 e. The molecule has 0 heterocycles. The van der Waals surface area contributed by atoms with Crippen LogP contribution in [-0.2, 0) is 4.74 Å². The predicted octanol–water partition coefficient (Wildman–Crippen LogP) is 8.93. The van der Waals surface area contributed by atoms with Crippen molar-refractivity contribution in [3.05, 3.63) is 54.1 Å². The number of ether oxygens (including phenoxy) is 1. The molecule has 33 heavy (non-hydrogen) atoms. The highest BCUT2D eigenvalue weighted by molar-refractivity contribution is 5.84. The van der Waals surface area contributed by atoms with Crippen LogP contribution in [0.1, 0.15) is 92.4 Å². The molecule has 2 fully saturated rings. The minimum atomic E-state index is -0.386. The molecule has 3 nitrogen and oxygen atoms in total. The summed E-state index contributed by atoms with van der Waals surface area (Å²) in [6.45, 7) is 16.3. The third-order valence-corrected chi connectivity index (χ3v) is 8.54. The number of amides is 1. The van der Waals surface area contributed by atoms with Gasteiger partial charge in [0.25, 0.3) is 0 Å². The van der Waals surface area contributed by atoms with E-state index < -0.39 is 0 Å². The predicted molar refractivity (Wildman–Crippen MR) is 139 cm³/mol. The number of fused-ring (bicyclic) bond motifs is 1. The van der Waals surface area contributed by atoms with Crippen LogP contribution < -0.4 is 5.32 Å². The van der Waals surface area contributed by atoms with E-state index in [9.17, 15) is 4.79 Å². The average Bonchev–Trinajstić information content (AvgIpc) is 2.73. The van der Waals surface area contributed by atoms with E-state index in [0.29, 0.717) is 16.7 Å². The van der Waals surface area contributed by atoms with Gasteiger partial charge in [0, 0.05) is 5.69 Å². The molecule has 0 radical (unpaired) electrons. The van der Waals surface area contributed by atoms with Crippen molar-refractivity contribution in [2.75, 3.05) is 5.32 Å². The van der Waals surface area contributed by atoms with E-state index in [2.05, 4.69) is 45.7 Å². The average molecular weight is 452 g/mol. The summed E-state index contributed by atoms with van der Waals surface area (Å²) in [5.74, 6) is 1.46. The summed E-state index contributed by atoms with van der Waals surface area (Å²) in [6, 6.07) is 9.42. The van der Waals surface area contributed by atoms with E-state index in [4.69, 9.17) is 4.74 Å². The van der Waals surface area contributed by atoms with Gasteiger partial charge in [0.2, 0.25) is 0 Å². The van der Waals surface area contributed by atoms with Crippen LogP contribution in [0.15, 0.2) is 54.1 Å². The molecule has 3 heteroatoms. The van der Waals surface area contributed by atoms with E-state index in [1.165, 1.54) is 49.7 Å². The maximum Gasteiger partial charge on any atom is 0.411 e. The Bertz CT molecular complexity index is 840. The van der Waals surface area contributed by atoms with E-state index in [0.717, 1.165) is 30.9 Å². The quantitative estimate of drug-likeness (QED) is 0.401. The molecule has 4 atom stereocenters. The maximum atomic E-state index is 12.1. The van der Waals surface area contributed by atoms with Crippen molar-refractivity contribution in [1.82, 2.24) is 0 Å². The fourth-order valence-corrected chi connectivity index (χ4v) is 6.76. The van der Waals surface area contributed by atoms with Crippen LogP contribution in [0.3, 0.4) is 0 Å². The second kappa shape index (κ2) is 10.9. The van der Waals surface area contributed by atoms with Gasteiger partial charge in [0.15, 0.2) is 0 Å². The Morgan fingerprint density at radius 2 is 1.97 bits per heavy atom. The summed E-state index contributed by atoms with van der Waals surface area (Å²) in [5, 5.41) is 2.78. The van der Waals surface area contributed by atoms with Crippen LogP contribution in [0, 0.1) is 22.7 Å². The number of carbonyl (C=O) groups is 1. The lowest BCUT2D eigenvalue weighted by atomic mass is 9.47. The zero-order valence-corrected chi connectivity index (χ0v) is 21.6. The van der Waals surface area contributed by atoms with Crippen LogP contribution in [0.4, 0.5) is 10.5 Å². The number of rotatable bonds is 8. The van der Waals surface area contributed by atoms with Gasteiger partial charge in [-0.25, -0.2) is 4.79 Å². The van der Waals surface area contributed by atoms with Crippen LogP contribution in [0.5, 0.6) is 0 Å². The van der Waals surface area contributed by atoms with Gasteiger partial charge in [-0.05, 0) is 100 Å². The van der Waals surface area contributed by atoms with Crippen LogP contribution in [0.2, 0.25) is 0 Å². The molecule has 0 spiro atoms. The SMILES string of the molecule is C=C1CC[C@@H]2C(C)(C)CCC[C@]2(C)[C@H]1CCC(C)=CCC[C@H](C)OC(=O)Nc1ccccc1. The second-order valence-electron chi connectivity index (χ2n) is 11.5. The molecule has 2 aliphatic carbocycles. The van der Waals surface area contributed by atoms with Gasteiger partial charge in [-0.2, -0.15) is 0 Å². The zero-order chi connectivity index (χ0) is 24.1. The molecule has 2 aliphatic rings. The molecular weight excluding hydrogens is 406 g/mol. The standard InChI is InChI=1S/C30H45NO2/c1-22(12-10-13-24(3)33-28(32)31-25-14-8-7-9-15-25)16-18-26-23(2)17-19-27-29(4,5)20-11-21-30(26,27)6/h7-9,12,14-15,24,26-27H,2,10-11,13,16-21H2,1,3-6H3,(H,31,32)/t24-,26-,27+,30+/m0/s1. The molecule has 1 N–H and O–H groups in total. The fourth-order valence-electron chi connectivity index (χ4n) is 6.76. The normalized spacial score (nSPS) is 28.0. The van der Waals surface area contributed by atoms with Crippen molar-refractivity contribution in [3.63, 3.8) is 0 Å². The summed E-state index contributed by atoms with van der Waals surface area (Å²) >= 11 is 0. The van der Waals surface area contributed by atoms with E-state index in [1.54, 1.807) is 0 Å². The molecule has 0 unspecified atom stereocenters. The number of anilines is 1. The van der Waals surface area contributed by atoms with E-state index in [1.807, 2.05) is 37.3 Å². The minimum absolute atomic E-state index is 0.111. The van der Waals surface area contributed by atoms with Gasteiger partial charge in [-0.1, -0.05) is 69.2 Å². The summed E-state index contributed by atoms with van der Waals surface area (Å²) < 4.78 is 5.51. The lowest BCUT2D eigenvalue weighted by molar-refractivity contribution is -0.0539. The monoisotopic (exact) mass is 451 g/mol. The molecule has 0 aromatic heterocycles. The number of hydrogen-bond donors (Lipinski definition) is 1. The lowest BCUT2D eigenvalue weighted by Gasteiger charge is -2.58. The Balaban J connectivity index is 1.45. The second-order valence-corrected chi connectivity index (χ2v) is 11.5. The highest BCUT2D eigenvalue weighted by atomic mass is 16.6. The van der Waals surface area contributed by atoms with Crippen molar-refractivity contribution in [3.8, 4) is 0 Å².